The number of hydrogen-bond acceptors (Lipinski definition) is 5. The highest BCUT2D eigenvalue weighted by Gasteiger charge is 2.28. The number of carboxylic acid groups (broad SMARTS) is 1. The van der Waals surface area contributed by atoms with E-state index < -0.39 is 6.10 Å². The first kappa shape index (κ1) is 17.1. The van der Waals surface area contributed by atoms with Crippen LogP contribution in [0.2, 0.25) is 0 Å². The third-order valence-corrected chi connectivity index (χ3v) is 3.57. The molecule has 1 aliphatic heterocycles. The van der Waals surface area contributed by atoms with Crippen LogP contribution in [0.4, 0.5) is 0 Å². The molecule has 2 rings (SSSR count). The van der Waals surface area contributed by atoms with Crippen LogP contribution in [0.3, 0.4) is 0 Å². The molecule has 21 heavy (non-hydrogen) atoms. The molecule has 0 aliphatic carbocycles. The van der Waals surface area contributed by atoms with Gasteiger partial charge in [0.2, 0.25) is 0 Å². The minimum absolute atomic E-state index is 0.0700. The smallest absolute Gasteiger partial charge is 0.290 e. The molecule has 1 atom stereocenters. The Morgan fingerprint density at radius 1 is 1.52 bits per heavy atom. The molecule has 1 fully saturated rings. The van der Waals surface area contributed by atoms with Gasteiger partial charge in [0.25, 0.3) is 12.4 Å². The largest absolute Gasteiger partial charge is 0.483 e. The minimum atomic E-state index is -0.671. The number of aryl methyl sites for hydroxylation is 1. The van der Waals surface area contributed by atoms with Crippen LogP contribution in [-0.4, -0.2) is 68.0 Å². The van der Waals surface area contributed by atoms with Crippen molar-refractivity contribution in [3.63, 3.8) is 0 Å². The van der Waals surface area contributed by atoms with E-state index >= 15 is 0 Å². The van der Waals surface area contributed by atoms with Crippen LogP contribution in [0.15, 0.2) is 12.4 Å². The Morgan fingerprint density at radius 3 is 2.52 bits per heavy atom. The van der Waals surface area contributed by atoms with Gasteiger partial charge in [-0.15, -0.1) is 0 Å². The highest BCUT2D eigenvalue weighted by molar-refractivity contribution is 5.90. The van der Waals surface area contributed by atoms with Gasteiger partial charge in [-0.2, -0.15) is 0 Å². The number of aliphatic hydroxyl groups is 2. The normalized spacial score (nSPS) is 16.8. The van der Waals surface area contributed by atoms with Crippen molar-refractivity contribution in [3.05, 3.63) is 18.2 Å². The van der Waals surface area contributed by atoms with Gasteiger partial charge in [0.1, 0.15) is 0 Å². The van der Waals surface area contributed by atoms with Gasteiger partial charge in [0, 0.05) is 32.5 Å². The second-order valence-electron chi connectivity index (χ2n) is 4.85. The van der Waals surface area contributed by atoms with Crippen molar-refractivity contribution < 1.29 is 24.9 Å². The van der Waals surface area contributed by atoms with Crippen LogP contribution < -0.4 is 0 Å². The fourth-order valence-corrected chi connectivity index (χ4v) is 2.35. The lowest BCUT2D eigenvalue weighted by Gasteiger charge is -2.33. The highest BCUT2D eigenvalue weighted by Crippen LogP contribution is 2.21. The van der Waals surface area contributed by atoms with E-state index in [0.717, 1.165) is 12.8 Å². The molecule has 1 amide bonds. The number of piperidine rings is 1. The average Bonchev–Trinajstić information content (AvgIpc) is 2.93. The van der Waals surface area contributed by atoms with Crippen molar-refractivity contribution in [2.45, 2.75) is 18.9 Å². The Balaban J connectivity index is 0.000000677. The number of rotatable bonds is 3. The first-order valence-electron chi connectivity index (χ1n) is 6.68. The first-order chi connectivity index (χ1) is 10.0. The Hall–Kier alpha value is -1.93. The lowest BCUT2D eigenvalue weighted by molar-refractivity contribution is -0.122. The number of imidazole rings is 1. The molecule has 1 aliphatic rings. The van der Waals surface area contributed by atoms with Crippen LogP contribution >= 0.6 is 0 Å². The van der Waals surface area contributed by atoms with Crippen molar-refractivity contribution in [1.82, 2.24) is 14.5 Å². The van der Waals surface area contributed by atoms with E-state index in [1.54, 1.807) is 28.9 Å². The zero-order valence-corrected chi connectivity index (χ0v) is 11.9. The molecule has 1 aromatic rings. The SMILES string of the molecule is Cn1ccnc1C(=O)N1CCC(C(O)CO)CC1.O=CO. The topological polar surface area (TPSA) is 116 Å². The van der Waals surface area contributed by atoms with E-state index in [2.05, 4.69) is 4.98 Å². The van der Waals surface area contributed by atoms with Crippen molar-refractivity contribution in [2.75, 3.05) is 19.7 Å². The molecule has 118 valence electrons. The maximum absolute atomic E-state index is 12.2. The number of carbonyl (C=O) groups excluding carboxylic acids is 1. The molecule has 0 aromatic carbocycles. The Labute approximate surface area is 122 Å². The number of hydrogen-bond donors (Lipinski definition) is 3. The van der Waals surface area contributed by atoms with E-state index in [-0.39, 0.29) is 24.9 Å². The van der Waals surface area contributed by atoms with Crippen molar-refractivity contribution in [1.29, 1.82) is 0 Å². The molecule has 0 bridgehead atoms. The van der Waals surface area contributed by atoms with E-state index in [0.29, 0.717) is 18.9 Å². The molecule has 1 aromatic heterocycles. The average molecular weight is 299 g/mol. The quantitative estimate of drug-likeness (QED) is 0.637. The molecule has 8 heteroatoms. The highest BCUT2D eigenvalue weighted by atomic mass is 16.3. The molecular formula is C13H21N3O5. The van der Waals surface area contributed by atoms with Crippen LogP contribution in [0, 0.1) is 5.92 Å². The van der Waals surface area contributed by atoms with Gasteiger partial charge in [-0.3, -0.25) is 9.59 Å². The third-order valence-electron chi connectivity index (χ3n) is 3.57. The fourth-order valence-electron chi connectivity index (χ4n) is 2.35. The molecular weight excluding hydrogens is 278 g/mol. The predicted octanol–water partition coefficient (Wildman–Crippen LogP) is -0.674. The second-order valence-corrected chi connectivity index (χ2v) is 4.85. The number of carbonyl (C=O) groups is 2. The number of aliphatic hydroxyl groups excluding tert-OH is 2. The molecule has 1 unspecified atom stereocenters. The van der Waals surface area contributed by atoms with Gasteiger partial charge in [0.05, 0.1) is 12.7 Å². The van der Waals surface area contributed by atoms with Crippen LogP contribution in [0.5, 0.6) is 0 Å². The lowest BCUT2D eigenvalue weighted by atomic mass is 9.91. The molecule has 0 spiro atoms. The molecule has 2 heterocycles. The maximum atomic E-state index is 12.2. The number of amides is 1. The molecule has 1 saturated heterocycles. The number of likely N-dealkylation sites (tertiary alicyclic amines) is 1. The summed E-state index contributed by atoms with van der Waals surface area (Å²) in [6.45, 7) is 0.749. The molecule has 0 radical (unpaired) electrons. The summed E-state index contributed by atoms with van der Waals surface area (Å²) in [5.41, 5.74) is 0. The Bertz CT molecular complexity index is 454. The van der Waals surface area contributed by atoms with E-state index in [4.69, 9.17) is 15.0 Å². The summed E-state index contributed by atoms with van der Waals surface area (Å²) < 4.78 is 1.71. The van der Waals surface area contributed by atoms with Crippen LogP contribution in [-0.2, 0) is 11.8 Å². The Morgan fingerprint density at radius 2 is 2.10 bits per heavy atom. The first-order valence-corrected chi connectivity index (χ1v) is 6.68. The molecule has 3 N–H and O–H groups in total. The van der Waals surface area contributed by atoms with Gasteiger partial charge < -0.3 is 24.8 Å². The number of nitrogens with zero attached hydrogens (tertiary/aromatic N) is 3. The standard InChI is InChI=1S/C12H19N3O3.CH2O2/c1-14-7-4-13-11(14)12(18)15-5-2-9(3-6-15)10(17)8-16;2-1-3/h4,7,9-10,16-17H,2-3,5-6,8H2,1H3;1H,(H,2,3). The van der Waals surface area contributed by atoms with Crippen molar-refractivity contribution in [2.24, 2.45) is 13.0 Å². The summed E-state index contributed by atoms with van der Waals surface area (Å²) in [7, 11) is 1.79. The lowest BCUT2D eigenvalue weighted by Crippen LogP contribution is -2.42. The monoisotopic (exact) mass is 299 g/mol. The van der Waals surface area contributed by atoms with Gasteiger partial charge in [-0.1, -0.05) is 0 Å². The fraction of sp³-hybridized carbons (Fsp3) is 0.615. The summed E-state index contributed by atoms with van der Waals surface area (Å²) >= 11 is 0. The van der Waals surface area contributed by atoms with E-state index in [9.17, 15) is 9.90 Å². The zero-order valence-electron chi connectivity index (χ0n) is 11.9. The van der Waals surface area contributed by atoms with Crippen LogP contribution in [0.1, 0.15) is 23.5 Å². The van der Waals surface area contributed by atoms with Crippen molar-refractivity contribution >= 4 is 12.4 Å². The van der Waals surface area contributed by atoms with E-state index in [1.807, 2.05) is 0 Å². The maximum Gasteiger partial charge on any atom is 0.290 e. The number of aromatic nitrogens is 2. The van der Waals surface area contributed by atoms with Gasteiger partial charge >= 0.3 is 0 Å². The molecule has 8 nitrogen and oxygen atoms in total. The van der Waals surface area contributed by atoms with E-state index in [1.165, 1.54) is 0 Å². The summed E-state index contributed by atoms with van der Waals surface area (Å²) in [4.78, 5) is 26.3. The third kappa shape index (κ3) is 4.54. The predicted molar refractivity (Wildman–Crippen MR) is 73.6 cm³/mol. The summed E-state index contributed by atoms with van der Waals surface area (Å²) in [6, 6.07) is 0. The second kappa shape index (κ2) is 8.38. The summed E-state index contributed by atoms with van der Waals surface area (Å²) in [5, 5.41) is 25.4. The zero-order chi connectivity index (χ0) is 15.8. The van der Waals surface area contributed by atoms with Gasteiger partial charge in [0.15, 0.2) is 5.82 Å². The summed E-state index contributed by atoms with van der Waals surface area (Å²) in [5.74, 6) is 0.455. The van der Waals surface area contributed by atoms with Crippen LogP contribution in [0.25, 0.3) is 0 Å². The van der Waals surface area contributed by atoms with Gasteiger partial charge in [-0.05, 0) is 18.8 Å². The summed E-state index contributed by atoms with van der Waals surface area (Å²) in [6.07, 6.45) is 4.12. The van der Waals surface area contributed by atoms with Gasteiger partial charge in [-0.25, -0.2) is 4.98 Å². The van der Waals surface area contributed by atoms with Crippen molar-refractivity contribution in [3.8, 4) is 0 Å². The minimum Gasteiger partial charge on any atom is -0.483 e. The Kier molecular flexibility index (Phi) is 6.83. The molecule has 0 saturated carbocycles.